The van der Waals surface area contributed by atoms with Gasteiger partial charge in [-0.15, -0.1) is 0 Å². The normalized spacial score (nSPS) is 9.68. The van der Waals surface area contributed by atoms with Crippen molar-refractivity contribution in [3.63, 3.8) is 0 Å². The number of rotatable bonds is 5. The van der Waals surface area contributed by atoms with E-state index in [4.69, 9.17) is 10.00 Å². The monoisotopic (exact) mass is 316 g/mol. The van der Waals surface area contributed by atoms with Gasteiger partial charge in [0.1, 0.15) is 11.8 Å². The second-order valence-electron chi connectivity index (χ2n) is 3.89. The maximum atomic E-state index is 8.57. The van der Waals surface area contributed by atoms with Crippen LogP contribution in [-0.2, 0) is 6.54 Å². The number of anilines is 1. The number of hydrogen-bond acceptors (Lipinski definition) is 3. The molecular weight excluding hydrogens is 304 g/mol. The molecule has 0 spiro atoms. The van der Waals surface area contributed by atoms with E-state index in [1.54, 1.807) is 0 Å². The van der Waals surface area contributed by atoms with Gasteiger partial charge in [0.05, 0.1) is 0 Å². The number of ether oxygens (including phenoxy) is 1. The molecule has 2 aromatic carbocycles. The average molecular weight is 317 g/mol. The fraction of sp³-hybridized carbons (Fsp3) is 0.133. The molecule has 0 amide bonds. The van der Waals surface area contributed by atoms with Crippen LogP contribution in [0, 0.1) is 11.3 Å². The van der Waals surface area contributed by atoms with Crippen molar-refractivity contribution in [2.75, 3.05) is 11.9 Å². The lowest BCUT2D eigenvalue weighted by Gasteiger charge is -2.12. The Bertz CT molecular complexity index is 593. The predicted octanol–water partition coefficient (Wildman–Crippen LogP) is 3.96. The maximum Gasteiger partial charge on any atom is 0.174 e. The Kier molecular flexibility index (Phi) is 4.82. The molecule has 4 heteroatoms. The maximum absolute atomic E-state index is 8.57. The van der Waals surface area contributed by atoms with E-state index in [-0.39, 0.29) is 6.61 Å². The number of nitriles is 1. The summed E-state index contributed by atoms with van der Waals surface area (Å²) in [6, 6.07) is 17.6. The van der Waals surface area contributed by atoms with Crippen LogP contribution in [0.3, 0.4) is 0 Å². The quantitative estimate of drug-likeness (QED) is 0.908. The highest BCUT2D eigenvalue weighted by Gasteiger charge is 2.03. The zero-order valence-corrected chi connectivity index (χ0v) is 11.9. The molecule has 0 atom stereocenters. The van der Waals surface area contributed by atoms with Gasteiger partial charge >= 0.3 is 0 Å². The fourth-order valence-corrected chi connectivity index (χ4v) is 2.12. The minimum absolute atomic E-state index is 0.0616. The average Bonchev–Trinajstić information content (AvgIpc) is 2.45. The summed E-state index contributed by atoms with van der Waals surface area (Å²) < 4.78 is 6.41. The number of hydrogen-bond donors (Lipinski definition) is 1. The minimum Gasteiger partial charge on any atom is -0.478 e. The van der Waals surface area contributed by atoms with E-state index in [1.807, 2.05) is 54.6 Å². The smallest absolute Gasteiger partial charge is 0.174 e. The first-order chi connectivity index (χ1) is 9.31. The first kappa shape index (κ1) is 13.4. The highest BCUT2D eigenvalue weighted by atomic mass is 79.9. The molecule has 2 rings (SSSR count). The molecule has 0 radical (unpaired) electrons. The largest absolute Gasteiger partial charge is 0.478 e. The summed E-state index contributed by atoms with van der Waals surface area (Å²) in [4.78, 5) is 0. The topological polar surface area (TPSA) is 45.0 Å². The van der Waals surface area contributed by atoms with Gasteiger partial charge in [0.15, 0.2) is 6.61 Å². The van der Waals surface area contributed by atoms with Crippen molar-refractivity contribution < 1.29 is 4.74 Å². The van der Waals surface area contributed by atoms with Crippen molar-refractivity contribution in [1.29, 1.82) is 5.26 Å². The van der Waals surface area contributed by atoms with E-state index in [9.17, 15) is 0 Å². The molecule has 0 saturated heterocycles. The van der Waals surface area contributed by atoms with Gasteiger partial charge in [-0.2, -0.15) is 5.26 Å². The molecule has 0 aliphatic heterocycles. The van der Waals surface area contributed by atoms with Gasteiger partial charge in [-0.25, -0.2) is 0 Å². The lowest BCUT2D eigenvalue weighted by molar-refractivity contribution is 0.364. The van der Waals surface area contributed by atoms with Crippen LogP contribution in [0.5, 0.6) is 5.75 Å². The molecule has 3 nitrogen and oxygen atoms in total. The summed E-state index contributed by atoms with van der Waals surface area (Å²) in [6.07, 6.45) is 0. The molecule has 0 saturated carbocycles. The first-order valence-corrected chi connectivity index (χ1v) is 6.66. The Labute approximate surface area is 121 Å². The highest BCUT2D eigenvalue weighted by molar-refractivity contribution is 9.10. The Morgan fingerprint density at radius 3 is 2.63 bits per heavy atom. The van der Waals surface area contributed by atoms with Gasteiger partial charge < -0.3 is 10.1 Å². The zero-order valence-electron chi connectivity index (χ0n) is 10.3. The minimum atomic E-state index is 0.0616. The summed E-state index contributed by atoms with van der Waals surface area (Å²) in [5.41, 5.74) is 2.05. The number of nitrogens with zero attached hydrogens (tertiary/aromatic N) is 1. The molecule has 0 heterocycles. The molecular formula is C15H13BrN2O. The van der Waals surface area contributed by atoms with Crippen molar-refractivity contribution in [3.05, 3.63) is 58.6 Å². The van der Waals surface area contributed by atoms with Crippen LogP contribution in [0.1, 0.15) is 5.56 Å². The SMILES string of the molecule is N#CCOc1ccccc1CNc1ccccc1Br. The second-order valence-corrected chi connectivity index (χ2v) is 4.74. The van der Waals surface area contributed by atoms with Gasteiger partial charge in [-0.3, -0.25) is 0 Å². The zero-order chi connectivity index (χ0) is 13.5. The Balaban J connectivity index is 2.07. The number of nitrogens with one attached hydrogen (secondary N) is 1. The number of benzene rings is 2. The fourth-order valence-electron chi connectivity index (χ4n) is 1.70. The third-order valence-electron chi connectivity index (χ3n) is 2.61. The Hall–Kier alpha value is -1.99. The Morgan fingerprint density at radius 1 is 1.11 bits per heavy atom. The van der Waals surface area contributed by atoms with E-state index in [0.717, 1.165) is 21.5 Å². The van der Waals surface area contributed by atoms with Gasteiger partial charge in [0, 0.05) is 22.3 Å². The molecule has 1 N–H and O–H groups in total. The number of halogens is 1. The van der Waals surface area contributed by atoms with Crippen LogP contribution >= 0.6 is 15.9 Å². The molecule has 0 aromatic heterocycles. The van der Waals surface area contributed by atoms with E-state index < -0.39 is 0 Å². The molecule has 0 fully saturated rings. The highest BCUT2D eigenvalue weighted by Crippen LogP contribution is 2.24. The van der Waals surface area contributed by atoms with Crippen LogP contribution < -0.4 is 10.1 Å². The van der Waals surface area contributed by atoms with Gasteiger partial charge in [0.25, 0.3) is 0 Å². The molecule has 0 unspecified atom stereocenters. The molecule has 0 bridgehead atoms. The summed E-state index contributed by atoms with van der Waals surface area (Å²) >= 11 is 3.49. The van der Waals surface area contributed by atoms with Crippen LogP contribution in [-0.4, -0.2) is 6.61 Å². The van der Waals surface area contributed by atoms with Crippen LogP contribution in [0.25, 0.3) is 0 Å². The summed E-state index contributed by atoms with van der Waals surface area (Å²) in [5.74, 6) is 0.739. The van der Waals surface area contributed by atoms with Crippen LogP contribution in [0.2, 0.25) is 0 Å². The van der Waals surface area contributed by atoms with Crippen molar-refractivity contribution >= 4 is 21.6 Å². The van der Waals surface area contributed by atoms with E-state index >= 15 is 0 Å². The summed E-state index contributed by atoms with van der Waals surface area (Å²) in [5, 5.41) is 11.9. The van der Waals surface area contributed by atoms with Crippen LogP contribution in [0.4, 0.5) is 5.69 Å². The van der Waals surface area contributed by atoms with Gasteiger partial charge in [0.2, 0.25) is 0 Å². The van der Waals surface area contributed by atoms with E-state index in [0.29, 0.717) is 6.54 Å². The predicted molar refractivity (Wildman–Crippen MR) is 79.0 cm³/mol. The van der Waals surface area contributed by atoms with E-state index in [2.05, 4.69) is 21.2 Å². The van der Waals surface area contributed by atoms with Crippen molar-refractivity contribution in [2.24, 2.45) is 0 Å². The van der Waals surface area contributed by atoms with Crippen molar-refractivity contribution in [3.8, 4) is 11.8 Å². The summed E-state index contributed by atoms with van der Waals surface area (Å²) in [7, 11) is 0. The lowest BCUT2D eigenvalue weighted by atomic mass is 10.2. The van der Waals surface area contributed by atoms with Crippen LogP contribution in [0.15, 0.2) is 53.0 Å². The molecule has 96 valence electrons. The van der Waals surface area contributed by atoms with Gasteiger partial charge in [-0.1, -0.05) is 30.3 Å². The standard InChI is InChI=1S/C15H13BrN2O/c16-13-6-2-3-7-14(13)18-11-12-5-1-4-8-15(12)19-10-9-17/h1-8,18H,10-11H2. The van der Waals surface area contributed by atoms with E-state index in [1.165, 1.54) is 0 Å². The summed E-state index contributed by atoms with van der Waals surface area (Å²) in [6.45, 7) is 0.705. The van der Waals surface area contributed by atoms with Gasteiger partial charge in [-0.05, 0) is 34.1 Å². The Morgan fingerprint density at radius 2 is 1.84 bits per heavy atom. The second kappa shape index (κ2) is 6.81. The molecule has 0 aliphatic carbocycles. The third-order valence-corrected chi connectivity index (χ3v) is 3.30. The molecule has 0 aliphatic rings. The number of para-hydroxylation sites is 2. The third kappa shape index (κ3) is 3.73. The molecule has 19 heavy (non-hydrogen) atoms. The molecule has 2 aromatic rings. The first-order valence-electron chi connectivity index (χ1n) is 5.87. The lowest BCUT2D eigenvalue weighted by Crippen LogP contribution is -2.03. The van der Waals surface area contributed by atoms with Crippen molar-refractivity contribution in [1.82, 2.24) is 0 Å². The van der Waals surface area contributed by atoms with Crippen molar-refractivity contribution in [2.45, 2.75) is 6.54 Å².